The molecule has 0 radical (unpaired) electrons. The maximum atomic E-state index is 12.7. The van der Waals surface area contributed by atoms with E-state index >= 15 is 0 Å². The first-order valence-electron chi connectivity index (χ1n) is 7.58. The number of ether oxygens (including phenoxy) is 1. The summed E-state index contributed by atoms with van der Waals surface area (Å²) in [6.07, 6.45) is 2.70. The average Bonchev–Trinajstić information content (AvgIpc) is 2.97. The summed E-state index contributed by atoms with van der Waals surface area (Å²) in [5.41, 5.74) is 2.97. The predicted octanol–water partition coefficient (Wildman–Crippen LogP) is 2.67. The third-order valence-electron chi connectivity index (χ3n) is 4.12. The smallest absolute Gasteiger partial charge is 0.254 e. The van der Waals surface area contributed by atoms with E-state index in [4.69, 9.17) is 4.74 Å². The van der Waals surface area contributed by atoms with E-state index in [0.29, 0.717) is 24.7 Å². The summed E-state index contributed by atoms with van der Waals surface area (Å²) in [6.45, 7) is 5.60. The highest BCUT2D eigenvalue weighted by molar-refractivity contribution is 5.94. The summed E-state index contributed by atoms with van der Waals surface area (Å²) in [5.74, 6) is 0.820. The molecular formula is C17H21N3O2. The summed E-state index contributed by atoms with van der Waals surface area (Å²) in [7, 11) is 1.62. The molecule has 0 fully saturated rings. The van der Waals surface area contributed by atoms with E-state index in [2.05, 4.69) is 23.4 Å². The molecule has 5 nitrogen and oxygen atoms in total. The normalized spacial score (nSPS) is 14.1. The van der Waals surface area contributed by atoms with Gasteiger partial charge < -0.3 is 14.2 Å². The van der Waals surface area contributed by atoms with Crippen LogP contribution >= 0.6 is 0 Å². The molecule has 0 aliphatic carbocycles. The standard InChI is InChI=1S/C17H21N3O2/c1-12(2)20-11-18-15-8-9-19(10-16(15)20)17(21)13-4-6-14(22-3)7-5-13/h4-7,11-12H,8-10H2,1-3H3. The molecule has 0 unspecified atom stereocenters. The zero-order valence-electron chi connectivity index (χ0n) is 13.2. The summed E-state index contributed by atoms with van der Waals surface area (Å²) >= 11 is 0. The zero-order chi connectivity index (χ0) is 15.7. The molecule has 1 amide bonds. The first kappa shape index (κ1) is 14.6. The van der Waals surface area contributed by atoms with Gasteiger partial charge in [0.15, 0.2) is 0 Å². The Bertz CT molecular complexity index is 674. The van der Waals surface area contributed by atoms with Crippen molar-refractivity contribution in [1.29, 1.82) is 0 Å². The Kier molecular flexibility index (Phi) is 3.88. The minimum Gasteiger partial charge on any atom is -0.497 e. The number of benzene rings is 1. The van der Waals surface area contributed by atoms with E-state index in [-0.39, 0.29) is 5.91 Å². The van der Waals surface area contributed by atoms with Crippen molar-refractivity contribution in [1.82, 2.24) is 14.5 Å². The Labute approximate surface area is 130 Å². The maximum Gasteiger partial charge on any atom is 0.254 e. The number of rotatable bonds is 3. The van der Waals surface area contributed by atoms with Gasteiger partial charge in [-0.1, -0.05) is 0 Å². The maximum absolute atomic E-state index is 12.7. The number of hydrogen-bond acceptors (Lipinski definition) is 3. The van der Waals surface area contributed by atoms with Gasteiger partial charge in [0.05, 0.1) is 31.4 Å². The Morgan fingerprint density at radius 2 is 2.00 bits per heavy atom. The van der Waals surface area contributed by atoms with Gasteiger partial charge >= 0.3 is 0 Å². The number of carbonyl (C=O) groups excluding carboxylic acids is 1. The number of fused-ring (bicyclic) bond motifs is 1. The lowest BCUT2D eigenvalue weighted by Gasteiger charge is -2.28. The molecular weight excluding hydrogens is 278 g/mol. The molecule has 2 heterocycles. The highest BCUT2D eigenvalue weighted by Gasteiger charge is 2.25. The topological polar surface area (TPSA) is 47.4 Å². The van der Waals surface area contributed by atoms with Gasteiger partial charge in [-0.25, -0.2) is 4.98 Å². The lowest BCUT2D eigenvalue weighted by Crippen LogP contribution is -2.36. The fourth-order valence-electron chi connectivity index (χ4n) is 2.84. The number of carbonyl (C=O) groups is 1. The van der Waals surface area contributed by atoms with Crippen molar-refractivity contribution in [2.24, 2.45) is 0 Å². The number of nitrogens with zero attached hydrogens (tertiary/aromatic N) is 3. The molecule has 5 heteroatoms. The highest BCUT2D eigenvalue weighted by Crippen LogP contribution is 2.23. The van der Waals surface area contributed by atoms with Crippen molar-refractivity contribution in [3.8, 4) is 5.75 Å². The first-order chi connectivity index (χ1) is 10.6. The summed E-state index contributed by atoms with van der Waals surface area (Å²) in [4.78, 5) is 19.0. The Hall–Kier alpha value is -2.30. The number of hydrogen-bond donors (Lipinski definition) is 0. The number of imidazole rings is 1. The van der Waals surface area contributed by atoms with Gasteiger partial charge in [0.1, 0.15) is 5.75 Å². The molecule has 0 N–H and O–H groups in total. The van der Waals surface area contributed by atoms with Gasteiger partial charge in [-0.15, -0.1) is 0 Å². The summed E-state index contributed by atoms with van der Waals surface area (Å²) in [5, 5.41) is 0. The second kappa shape index (κ2) is 5.83. The molecule has 0 saturated carbocycles. The van der Waals surface area contributed by atoms with Crippen molar-refractivity contribution in [3.05, 3.63) is 47.5 Å². The van der Waals surface area contributed by atoms with E-state index in [0.717, 1.165) is 23.6 Å². The van der Waals surface area contributed by atoms with Crippen LogP contribution in [-0.2, 0) is 13.0 Å². The van der Waals surface area contributed by atoms with Crippen LogP contribution in [0.2, 0.25) is 0 Å². The van der Waals surface area contributed by atoms with E-state index in [1.807, 2.05) is 35.5 Å². The summed E-state index contributed by atoms with van der Waals surface area (Å²) < 4.78 is 7.29. The van der Waals surface area contributed by atoms with E-state index < -0.39 is 0 Å². The molecule has 3 rings (SSSR count). The molecule has 0 saturated heterocycles. The van der Waals surface area contributed by atoms with Crippen molar-refractivity contribution < 1.29 is 9.53 Å². The Balaban J connectivity index is 1.81. The van der Waals surface area contributed by atoms with Gasteiger partial charge in [-0.3, -0.25) is 4.79 Å². The predicted molar refractivity (Wildman–Crippen MR) is 84.1 cm³/mol. The molecule has 1 aromatic carbocycles. The van der Waals surface area contributed by atoms with Gasteiger partial charge in [-0.2, -0.15) is 0 Å². The monoisotopic (exact) mass is 299 g/mol. The van der Waals surface area contributed by atoms with Crippen molar-refractivity contribution in [2.75, 3.05) is 13.7 Å². The van der Waals surface area contributed by atoms with Gasteiger partial charge in [0.25, 0.3) is 5.91 Å². The van der Waals surface area contributed by atoms with E-state index in [9.17, 15) is 4.79 Å². The van der Waals surface area contributed by atoms with Gasteiger partial charge in [0, 0.05) is 24.6 Å². The minimum atomic E-state index is 0.0600. The van der Waals surface area contributed by atoms with Crippen LogP contribution in [0.3, 0.4) is 0 Å². The SMILES string of the molecule is COc1ccc(C(=O)N2CCc3ncn(C(C)C)c3C2)cc1. The zero-order valence-corrected chi connectivity index (χ0v) is 13.2. The molecule has 1 aromatic heterocycles. The Morgan fingerprint density at radius 3 is 2.64 bits per heavy atom. The molecule has 116 valence electrons. The van der Waals surface area contributed by atoms with Crippen LogP contribution in [0.25, 0.3) is 0 Å². The molecule has 0 spiro atoms. The van der Waals surface area contributed by atoms with Crippen LogP contribution in [0.1, 0.15) is 41.6 Å². The van der Waals surface area contributed by atoms with Crippen LogP contribution in [-0.4, -0.2) is 34.0 Å². The Morgan fingerprint density at radius 1 is 1.27 bits per heavy atom. The fourth-order valence-corrected chi connectivity index (χ4v) is 2.84. The number of amides is 1. The third kappa shape index (κ3) is 2.58. The van der Waals surface area contributed by atoms with Gasteiger partial charge in [0.2, 0.25) is 0 Å². The van der Waals surface area contributed by atoms with E-state index in [1.54, 1.807) is 7.11 Å². The average molecular weight is 299 g/mol. The van der Waals surface area contributed by atoms with Crippen LogP contribution in [0.5, 0.6) is 5.75 Å². The van der Waals surface area contributed by atoms with Crippen molar-refractivity contribution >= 4 is 5.91 Å². The molecule has 2 aromatic rings. The second-order valence-corrected chi connectivity index (χ2v) is 5.84. The molecule has 1 aliphatic rings. The summed E-state index contributed by atoms with van der Waals surface area (Å²) in [6, 6.07) is 7.63. The molecule has 1 aliphatic heterocycles. The van der Waals surface area contributed by atoms with E-state index in [1.165, 1.54) is 0 Å². The minimum absolute atomic E-state index is 0.0600. The van der Waals surface area contributed by atoms with Crippen LogP contribution < -0.4 is 4.74 Å². The van der Waals surface area contributed by atoms with Crippen LogP contribution in [0, 0.1) is 0 Å². The van der Waals surface area contributed by atoms with Crippen molar-refractivity contribution in [3.63, 3.8) is 0 Å². The third-order valence-corrected chi connectivity index (χ3v) is 4.12. The lowest BCUT2D eigenvalue weighted by molar-refractivity contribution is 0.0728. The number of methoxy groups -OCH3 is 1. The molecule has 22 heavy (non-hydrogen) atoms. The van der Waals surface area contributed by atoms with Gasteiger partial charge in [-0.05, 0) is 38.1 Å². The van der Waals surface area contributed by atoms with Crippen LogP contribution in [0.4, 0.5) is 0 Å². The number of aromatic nitrogens is 2. The van der Waals surface area contributed by atoms with Crippen molar-refractivity contribution in [2.45, 2.75) is 32.9 Å². The first-order valence-corrected chi connectivity index (χ1v) is 7.58. The molecule has 0 atom stereocenters. The quantitative estimate of drug-likeness (QED) is 0.875. The highest BCUT2D eigenvalue weighted by atomic mass is 16.5. The van der Waals surface area contributed by atoms with Crippen LogP contribution in [0.15, 0.2) is 30.6 Å². The lowest BCUT2D eigenvalue weighted by atomic mass is 10.1. The molecule has 0 bridgehead atoms. The largest absolute Gasteiger partial charge is 0.497 e. The fraction of sp³-hybridized carbons (Fsp3) is 0.412. The second-order valence-electron chi connectivity index (χ2n) is 5.84.